The van der Waals surface area contributed by atoms with Crippen molar-refractivity contribution in [1.29, 1.82) is 5.41 Å². The SMILES string of the molecule is C=C(C)/C(=C/NC)C(=N)C(F)(F)F. The molecule has 13 heavy (non-hydrogen) atoms. The maximum atomic E-state index is 12.0. The van der Waals surface area contributed by atoms with Crippen molar-refractivity contribution < 1.29 is 13.2 Å². The second kappa shape index (κ2) is 4.11. The molecule has 0 aromatic carbocycles. The van der Waals surface area contributed by atoms with Gasteiger partial charge in [0.1, 0.15) is 5.71 Å². The fourth-order valence-electron chi connectivity index (χ4n) is 0.706. The smallest absolute Gasteiger partial charge is 0.393 e. The van der Waals surface area contributed by atoms with E-state index < -0.39 is 11.9 Å². The van der Waals surface area contributed by atoms with E-state index in [1.165, 1.54) is 14.0 Å². The third-order valence-electron chi connectivity index (χ3n) is 1.30. The highest BCUT2D eigenvalue weighted by Gasteiger charge is 2.36. The molecule has 74 valence electrons. The lowest BCUT2D eigenvalue weighted by atomic mass is 10.1. The number of allylic oxidation sites excluding steroid dienone is 2. The first-order chi connectivity index (χ1) is 5.80. The van der Waals surface area contributed by atoms with Crippen molar-refractivity contribution in [3.8, 4) is 0 Å². The minimum Gasteiger partial charge on any atom is -0.393 e. The third-order valence-corrected chi connectivity index (χ3v) is 1.30. The molecule has 0 amide bonds. The molecule has 0 unspecified atom stereocenters. The van der Waals surface area contributed by atoms with Gasteiger partial charge in [0.25, 0.3) is 0 Å². The Balaban J connectivity index is 4.90. The lowest BCUT2D eigenvalue weighted by Gasteiger charge is -2.11. The summed E-state index contributed by atoms with van der Waals surface area (Å²) >= 11 is 0. The van der Waals surface area contributed by atoms with Gasteiger partial charge >= 0.3 is 6.18 Å². The lowest BCUT2D eigenvalue weighted by molar-refractivity contribution is -0.0588. The van der Waals surface area contributed by atoms with Gasteiger partial charge in [0.05, 0.1) is 0 Å². The zero-order valence-electron chi connectivity index (χ0n) is 7.42. The van der Waals surface area contributed by atoms with Gasteiger partial charge in [-0.15, -0.1) is 0 Å². The Hall–Kier alpha value is -1.26. The van der Waals surface area contributed by atoms with E-state index in [9.17, 15) is 13.2 Å². The van der Waals surface area contributed by atoms with E-state index >= 15 is 0 Å². The van der Waals surface area contributed by atoms with Crippen LogP contribution in [0, 0.1) is 5.41 Å². The molecule has 0 aromatic rings. The average molecular weight is 192 g/mol. The summed E-state index contributed by atoms with van der Waals surface area (Å²) < 4.78 is 36.1. The fourth-order valence-corrected chi connectivity index (χ4v) is 0.706. The van der Waals surface area contributed by atoms with Crippen LogP contribution in [0.4, 0.5) is 13.2 Å². The number of rotatable bonds is 3. The Morgan fingerprint density at radius 3 is 2.15 bits per heavy atom. The van der Waals surface area contributed by atoms with Crippen LogP contribution in [0.3, 0.4) is 0 Å². The highest BCUT2D eigenvalue weighted by Crippen LogP contribution is 2.23. The maximum absolute atomic E-state index is 12.0. The third kappa shape index (κ3) is 3.31. The van der Waals surface area contributed by atoms with Crippen molar-refractivity contribution in [3.63, 3.8) is 0 Å². The predicted octanol–water partition coefficient (Wildman–Crippen LogP) is 2.25. The van der Waals surface area contributed by atoms with Crippen LogP contribution in [0.2, 0.25) is 0 Å². The summed E-state index contributed by atoms with van der Waals surface area (Å²) in [4.78, 5) is 0. The average Bonchev–Trinajstić information content (AvgIpc) is 1.96. The topological polar surface area (TPSA) is 35.9 Å². The van der Waals surface area contributed by atoms with E-state index in [1.54, 1.807) is 0 Å². The Morgan fingerprint density at radius 1 is 1.46 bits per heavy atom. The summed E-state index contributed by atoms with van der Waals surface area (Å²) in [5, 5.41) is 9.28. The Morgan fingerprint density at radius 2 is 1.92 bits per heavy atom. The standard InChI is InChI=1S/C8H11F3N2/c1-5(2)6(4-13-3)7(12)8(9,10)11/h4,12-13H,1H2,2-3H3/b6-4-,12-7?. The van der Waals surface area contributed by atoms with E-state index in [0.717, 1.165) is 6.20 Å². The molecule has 2 N–H and O–H groups in total. The Kier molecular flexibility index (Phi) is 3.71. The first-order valence-corrected chi connectivity index (χ1v) is 3.50. The van der Waals surface area contributed by atoms with Crippen LogP contribution in [-0.4, -0.2) is 18.9 Å². The number of hydrogen-bond donors (Lipinski definition) is 2. The van der Waals surface area contributed by atoms with Crippen molar-refractivity contribution in [2.75, 3.05) is 7.05 Å². The van der Waals surface area contributed by atoms with E-state index in [1.807, 2.05) is 0 Å². The molecule has 0 saturated heterocycles. The van der Waals surface area contributed by atoms with Crippen LogP contribution in [0.5, 0.6) is 0 Å². The highest BCUT2D eigenvalue weighted by molar-refractivity contribution is 6.05. The van der Waals surface area contributed by atoms with Gasteiger partial charge in [0.15, 0.2) is 0 Å². The van der Waals surface area contributed by atoms with Crippen LogP contribution in [-0.2, 0) is 0 Å². The van der Waals surface area contributed by atoms with Gasteiger partial charge in [0, 0.05) is 18.8 Å². The van der Waals surface area contributed by atoms with Crippen LogP contribution in [0.25, 0.3) is 0 Å². The van der Waals surface area contributed by atoms with Crippen molar-refractivity contribution in [2.45, 2.75) is 13.1 Å². The fraction of sp³-hybridized carbons (Fsp3) is 0.375. The molecule has 0 aliphatic carbocycles. The molecule has 5 heteroatoms. The molecule has 0 fully saturated rings. The van der Waals surface area contributed by atoms with E-state index in [0.29, 0.717) is 0 Å². The molecule has 0 aliphatic heterocycles. The van der Waals surface area contributed by atoms with Crippen molar-refractivity contribution in [2.24, 2.45) is 0 Å². The van der Waals surface area contributed by atoms with Crippen LogP contribution >= 0.6 is 0 Å². The Labute approximate surface area is 74.6 Å². The van der Waals surface area contributed by atoms with Crippen molar-refractivity contribution >= 4 is 5.71 Å². The van der Waals surface area contributed by atoms with E-state index in [4.69, 9.17) is 5.41 Å². The summed E-state index contributed by atoms with van der Waals surface area (Å²) in [6.07, 6.45) is -3.51. The molecule has 0 bridgehead atoms. The number of halogens is 3. The quantitative estimate of drug-likeness (QED) is 0.522. The van der Waals surface area contributed by atoms with Gasteiger partial charge in [-0.25, -0.2) is 0 Å². The molecule has 0 heterocycles. The van der Waals surface area contributed by atoms with Gasteiger partial charge in [-0.3, -0.25) is 5.41 Å². The van der Waals surface area contributed by atoms with Gasteiger partial charge in [-0.2, -0.15) is 13.2 Å². The number of nitrogens with one attached hydrogen (secondary N) is 2. The van der Waals surface area contributed by atoms with Crippen molar-refractivity contribution in [3.05, 3.63) is 23.9 Å². The normalized spacial score (nSPS) is 12.5. The molecule has 0 aliphatic rings. The molecule has 0 aromatic heterocycles. The van der Waals surface area contributed by atoms with Gasteiger partial charge in [-0.05, 0) is 12.5 Å². The second-order valence-electron chi connectivity index (χ2n) is 2.50. The summed E-state index contributed by atoms with van der Waals surface area (Å²) in [7, 11) is 1.46. The lowest BCUT2D eigenvalue weighted by Crippen LogP contribution is -2.25. The largest absolute Gasteiger partial charge is 0.433 e. The predicted molar refractivity (Wildman–Crippen MR) is 45.7 cm³/mol. The van der Waals surface area contributed by atoms with Crippen LogP contribution in [0.15, 0.2) is 23.9 Å². The van der Waals surface area contributed by atoms with Gasteiger partial charge < -0.3 is 5.32 Å². The number of alkyl halides is 3. The summed E-state index contributed by atoms with van der Waals surface area (Å²) in [6.45, 7) is 4.78. The maximum Gasteiger partial charge on any atom is 0.433 e. The summed E-state index contributed by atoms with van der Waals surface area (Å²) in [5.74, 6) is 0. The zero-order valence-corrected chi connectivity index (χ0v) is 7.42. The second-order valence-corrected chi connectivity index (χ2v) is 2.50. The van der Waals surface area contributed by atoms with Gasteiger partial charge in [0.2, 0.25) is 0 Å². The minimum absolute atomic E-state index is 0.205. The van der Waals surface area contributed by atoms with E-state index in [2.05, 4.69) is 11.9 Å². The van der Waals surface area contributed by atoms with Crippen LogP contribution < -0.4 is 5.32 Å². The Bertz CT molecular complexity index is 251. The molecule has 0 rings (SSSR count). The summed E-state index contributed by atoms with van der Waals surface area (Å²) in [5.41, 5.74) is -1.40. The highest BCUT2D eigenvalue weighted by atomic mass is 19.4. The molecule has 0 radical (unpaired) electrons. The first-order valence-electron chi connectivity index (χ1n) is 3.50. The molecule has 0 atom stereocenters. The van der Waals surface area contributed by atoms with E-state index in [-0.39, 0.29) is 11.1 Å². The molecular formula is C8H11F3N2. The van der Waals surface area contributed by atoms with Gasteiger partial charge in [-0.1, -0.05) is 6.58 Å². The molecule has 2 nitrogen and oxygen atoms in total. The molecule has 0 spiro atoms. The minimum atomic E-state index is -4.62. The molecule has 0 saturated carbocycles. The first kappa shape index (κ1) is 11.7. The monoisotopic (exact) mass is 192 g/mol. The zero-order chi connectivity index (χ0) is 10.6. The number of hydrogen-bond acceptors (Lipinski definition) is 2. The molecular weight excluding hydrogens is 181 g/mol. The summed E-state index contributed by atoms with van der Waals surface area (Å²) in [6, 6.07) is 0. The van der Waals surface area contributed by atoms with Crippen molar-refractivity contribution in [1.82, 2.24) is 5.32 Å². The van der Waals surface area contributed by atoms with Crippen LogP contribution in [0.1, 0.15) is 6.92 Å².